The zero-order chi connectivity index (χ0) is 23.7. The third kappa shape index (κ3) is 4.05. The molecule has 8 heteroatoms. The average molecular weight is 463 g/mol. The molecule has 1 fully saturated rings. The Morgan fingerprint density at radius 1 is 1.09 bits per heavy atom. The first-order chi connectivity index (χ1) is 15.8. The van der Waals surface area contributed by atoms with E-state index in [-0.39, 0.29) is 27.9 Å². The van der Waals surface area contributed by atoms with Gasteiger partial charge in [0.25, 0.3) is 5.78 Å². The second-order valence-electron chi connectivity index (χ2n) is 7.58. The molecule has 33 heavy (non-hydrogen) atoms. The van der Waals surface area contributed by atoms with Gasteiger partial charge < -0.3 is 9.84 Å². The van der Waals surface area contributed by atoms with Crippen LogP contribution in [0.1, 0.15) is 45.0 Å². The summed E-state index contributed by atoms with van der Waals surface area (Å²) in [7, 11) is 0. The zero-order valence-electron chi connectivity index (χ0n) is 18.4. The molecular formula is C25H22N2O5S. The lowest BCUT2D eigenvalue weighted by Gasteiger charge is -2.23. The minimum atomic E-state index is -0.897. The number of carbonyl (C=O) groups is 3. The van der Waals surface area contributed by atoms with Crippen molar-refractivity contribution in [3.63, 3.8) is 0 Å². The number of aryl methyl sites for hydroxylation is 2. The Balaban J connectivity index is 1.90. The number of thiazole rings is 1. The minimum absolute atomic E-state index is 0.0272. The summed E-state index contributed by atoms with van der Waals surface area (Å²) in [4.78, 5) is 44.6. The van der Waals surface area contributed by atoms with Crippen LogP contribution in [0.2, 0.25) is 0 Å². The van der Waals surface area contributed by atoms with Crippen LogP contribution in [-0.4, -0.2) is 34.4 Å². The van der Waals surface area contributed by atoms with Crippen LogP contribution >= 0.6 is 11.3 Å². The van der Waals surface area contributed by atoms with E-state index in [1.165, 1.54) is 4.90 Å². The fourth-order valence-corrected chi connectivity index (χ4v) is 4.70. The van der Waals surface area contributed by atoms with Crippen LogP contribution in [-0.2, 0) is 14.3 Å². The number of nitrogens with zero attached hydrogens (tertiary/aromatic N) is 2. The number of aliphatic hydroxyl groups excluding tert-OH is 1. The van der Waals surface area contributed by atoms with E-state index in [0.29, 0.717) is 16.8 Å². The number of aromatic nitrogens is 1. The van der Waals surface area contributed by atoms with Gasteiger partial charge in [-0.3, -0.25) is 14.5 Å². The Labute approximate surface area is 195 Å². The number of esters is 1. The smallest absolute Gasteiger partial charge is 0.350 e. The predicted octanol–water partition coefficient (Wildman–Crippen LogP) is 4.56. The molecule has 3 aromatic rings. The van der Waals surface area contributed by atoms with E-state index < -0.39 is 23.7 Å². The number of hydrogen-bond acceptors (Lipinski definition) is 7. The monoisotopic (exact) mass is 462 g/mol. The fraction of sp³-hybridized carbons (Fsp3) is 0.200. The molecule has 0 spiro atoms. The molecule has 0 bridgehead atoms. The third-order valence-electron chi connectivity index (χ3n) is 5.34. The summed E-state index contributed by atoms with van der Waals surface area (Å²) in [5.41, 5.74) is 2.45. The topological polar surface area (TPSA) is 96.8 Å². The maximum Gasteiger partial charge on any atom is 0.350 e. The average Bonchev–Trinajstić information content (AvgIpc) is 3.32. The van der Waals surface area contributed by atoms with Gasteiger partial charge in [-0.05, 0) is 26.3 Å². The van der Waals surface area contributed by atoms with E-state index in [1.54, 1.807) is 44.2 Å². The lowest BCUT2D eigenvalue weighted by Crippen LogP contribution is -2.29. The van der Waals surface area contributed by atoms with Gasteiger partial charge in [0.2, 0.25) is 0 Å². The lowest BCUT2D eigenvalue weighted by atomic mass is 9.95. The molecule has 4 rings (SSSR count). The molecular weight excluding hydrogens is 440 g/mol. The van der Waals surface area contributed by atoms with Crippen LogP contribution in [0.15, 0.2) is 60.2 Å². The molecule has 2 aromatic carbocycles. The van der Waals surface area contributed by atoms with Crippen LogP contribution in [0.25, 0.3) is 5.76 Å². The van der Waals surface area contributed by atoms with Crippen molar-refractivity contribution in [1.82, 2.24) is 4.98 Å². The zero-order valence-corrected chi connectivity index (χ0v) is 19.2. The van der Waals surface area contributed by atoms with E-state index in [2.05, 4.69) is 4.98 Å². The molecule has 7 nitrogen and oxygen atoms in total. The number of benzene rings is 2. The molecule has 1 saturated heterocycles. The van der Waals surface area contributed by atoms with Crippen molar-refractivity contribution >= 4 is 39.9 Å². The molecule has 0 radical (unpaired) electrons. The van der Waals surface area contributed by atoms with Crippen molar-refractivity contribution < 1.29 is 24.2 Å². The highest BCUT2D eigenvalue weighted by Crippen LogP contribution is 2.43. The van der Waals surface area contributed by atoms with Crippen molar-refractivity contribution in [2.75, 3.05) is 11.5 Å². The standard InChI is InChI=1S/C25H22N2O5S/c1-4-32-24(31)22-15(3)26-25(33-22)27-19(16-12-10-14(2)11-13-16)18(21(29)23(27)30)20(28)17-8-6-5-7-9-17/h5-13,19,28H,4H2,1-3H3/b20-18+/t19-/m1/s1. The molecule has 0 unspecified atom stereocenters. The van der Waals surface area contributed by atoms with E-state index in [1.807, 2.05) is 31.2 Å². The Morgan fingerprint density at radius 3 is 2.39 bits per heavy atom. The number of aliphatic hydroxyl groups is 1. The highest BCUT2D eigenvalue weighted by Gasteiger charge is 2.48. The number of rotatable bonds is 5. The first-order valence-electron chi connectivity index (χ1n) is 10.4. The molecule has 0 saturated carbocycles. The lowest BCUT2D eigenvalue weighted by molar-refractivity contribution is -0.132. The van der Waals surface area contributed by atoms with Gasteiger partial charge in [0.1, 0.15) is 10.6 Å². The second-order valence-corrected chi connectivity index (χ2v) is 8.55. The molecule has 1 amide bonds. The Kier molecular flexibility index (Phi) is 6.11. The van der Waals surface area contributed by atoms with Crippen LogP contribution in [0.5, 0.6) is 0 Å². The molecule has 1 aromatic heterocycles. The van der Waals surface area contributed by atoms with Gasteiger partial charge in [-0.15, -0.1) is 0 Å². The summed E-state index contributed by atoms with van der Waals surface area (Å²) < 4.78 is 5.09. The van der Waals surface area contributed by atoms with Gasteiger partial charge >= 0.3 is 11.9 Å². The second kappa shape index (κ2) is 8.99. The number of carbonyl (C=O) groups excluding carboxylic acids is 3. The van der Waals surface area contributed by atoms with Crippen molar-refractivity contribution in [2.45, 2.75) is 26.8 Å². The number of ketones is 1. The Morgan fingerprint density at radius 2 is 1.76 bits per heavy atom. The SMILES string of the molecule is CCOC(=O)c1sc(N2C(=O)C(=O)/C(=C(/O)c3ccccc3)[C@H]2c2ccc(C)cc2)nc1C. The van der Waals surface area contributed by atoms with Gasteiger partial charge in [0.15, 0.2) is 5.13 Å². The Hall–Kier alpha value is -3.78. The molecule has 1 atom stereocenters. The quantitative estimate of drug-likeness (QED) is 0.258. The number of anilines is 1. The van der Waals surface area contributed by atoms with Gasteiger partial charge in [-0.1, -0.05) is 71.5 Å². The van der Waals surface area contributed by atoms with Gasteiger partial charge in [0.05, 0.1) is 23.9 Å². The van der Waals surface area contributed by atoms with Crippen LogP contribution in [0.4, 0.5) is 5.13 Å². The van der Waals surface area contributed by atoms with Gasteiger partial charge in [-0.25, -0.2) is 9.78 Å². The molecule has 2 heterocycles. The van der Waals surface area contributed by atoms with E-state index in [4.69, 9.17) is 4.74 Å². The number of hydrogen-bond donors (Lipinski definition) is 1. The maximum atomic E-state index is 13.2. The highest BCUT2D eigenvalue weighted by molar-refractivity contribution is 7.17. The van der Waals surface area contributed by atoms with E-state index in [0.717, 1.165) is 16.9 Å². The van der Waals surface area contributed by atoms with Crippen LogP contribution in [0, 0.1) is 13.8 Å². The van der Waals surface area contributed by atoms with Crippen LogP contribution in [0.3, 0.4) is 0 Å². The van der Waals surface area contributed by atoms with E-state index >= 15 is 0 Å². The van der Waals surface area contributed by atoms with Crippen molar-refractivity contribution in [1.29, 1.82) is 0 Å². The normalized spacial score (nSPS) is 17.4. The maximum absolute atomic E-state index is 13.2. The Bertz CT molecular complexity index is 1260. The van der Waals surface area contributed by atoms with Gasteiger partial charge in [0, 0.05) is 5.56 Å². The van der Waals surface area contributed by atoms with Crippen molar-refractivity contribution in [3.05, 3.63) is 87.4 Å². The summed E-state index contributed by atoms with van der Waals surface area (Å²) in [6, 6.07) is 15.1. The third-order valence-corrected chi connectivity index (χ3v) is 6.47. The molecule has 1 aliphatic rings. The summed E-state index contributed by atoms with van der Waals surface area (Å²) in [6.07, 6.45) is 0. The summed E-state index contributed by atoms with van der Waals surface area (Å²) in [5.74, 6) is -2.43. The van der Waals surface area contributed by atoms with Gasteiger partial charge in [-0.2, -0.15) is 0 Å². The number of amides is 1. The van der Waals surface area contributed by atoms with Crippen molar-refractivity contribution in [2.24, 2.45) is 0 Å². The minimum Gasteiger partial charge on any atom is -0.507 e. The summed E-state index contributed by atoms with van der Waals surface area (Å²) in [6.45, 7) is 5.49. The molecule has 1 aliphatic heterocycles. The van der Waals surface area contributed by atoms with E-state index in [9.17, 15) is 19.5 Å². The summed E-state index contributed by atoms with van der Waals surface area (Å²) >= 11 is 0.985. The van der Waals surface area contributed by atoms with Crippen molar-refractivity contribution in [3.8, 4) is 0 Å². The highest BCUT2D eigenvalue weighted by atomic mass is 32.1. The molecule has 168 valence electrons. The van der Waals surface area contributed by atoms with Crippen LogP contribution < -0.4 is 4.90 Å². The fourth-order valence-electron chi connectivity index (χ4n) is 3.72. The largest absolute Gasteiger partial charge is 0.507 e. The summed E-state index contributed by atoms with van der Waals surface area (Å²) in [5, 5.41) is 11.3. The first kappa shape index (κ1) is 22.4. The first-order valence-corrected chi connectivity index (χ1v) is 11.2. The molecule has 0 aliphatic carbocycles. The number of ether oxygens (including phenoxy) is 1. The number of Topliss-reactive ketones (excluding diaryl/α,β-unsaturated/α-hetero) is 1. The molecule has 1 N–H and O–H groups in total. The predicted molar refractivity (Wildman–Crippen MR) is 125 cm³/mol.